The summed E-state index contributed by atoms with van der Waals surface area (Å²) in [7, 11) is 0.189. The molecule has 1 unspecified atom stereocenters. The van der Waals surface area contributed by atoms with Crippen molar-refractivity contribution in [2.24, 2.45) is 0 Å². The van der Waals surface area contributed by atoms with Crippen molar-refractivity contribution in [2.75, 3.05) is 7.11 Å². The van der Waals surface area contributed by atoms with Gasteiger partial charge in [0.15, 0.2) is 5.66 Å². The Morgan fingerprint density at radius 2 is 1.82 bits per heavy atom. The van der Waals surface area contributed by atoms with Crippen LogP contribution in [0, 0.1) is 0 Å². The average molecular weight is 227 g/mol. The quantitative estimate of drug-likeness (QED) is 0.535. The molecule has 0 spiro atoms. The van der Waals surface area contributed by atoms with E-state index in [1.54, 1.807) is 0 Å². The predicted molar refractivity (Wildman–Crippen MR) is 41.5 cm³/mol. The van der Waals surface area contributed by atoms with Gasteiger partial charge in [0.05, 0.1) is 7.11 Å². The van der Waals surface area contributed by atoms with Gasteiger partial charge in [-0.25, -0.2) is 0 Å². The number of hydrogen-bond acceptors (Lipinski definition) is 2. The molecular weight excluding hydrogens is 212 g/mol. The second-order valence-electron chi connectivity index (χ2n) is 2.76. The van der Waals surface area contributed by atoms with Crippen molar-refractivity contribution in [3.05, 3.63) is 0 Å². The van der Waals surface area contributed by atoms with E-state index >= 15 is 0 Å². The molecular formula is C7H14O2PZn+. The molecule has 0 saturated heterocycles. The van der Waals surface area contributed by atoms with Crippen LogP contribution < -0.4 is 0 Å². The van der Waals surface area contributed by atoms with Gasteiger partial charge in [0.2, 0.25) is 0 Å². The number of hydrogen-bond donors (Lipinski definition) is 0. The van der Waals surface area contributed by atoms with Gasteiger partial charge in [-0.1, -0.05) is 6.42 Å². The van der Waals surface area contributed by atoms with Gasteiger partial charge >= 0.3 is 8.03 Å². The molecule has 0 amide bonds. The third kappa shape index (κ3) is 3.74. The molecule has 0 aromatic rings. The van der Waals surface area contributed by atoms with Crippen LogP contribution in [0.4, 0.5) is 0 Å². The summed E-state index contributed by atoms with van der Waals surface area (Å²) >= 11 is 0. The molecule has 1 aliphatic carbocycles. The summed E-state index contributed by atoms with van der Waals surface area (Å²) in [6.45, 7) is 0. The van der Waals surface area contributed by atoms with E-state index in [1.165, 1.54) is 26.4 Å². The first kappa shape index (κ1) is 11.7. The van der Waals surface area contributed by atoms with E-state index in [0.29, 0.717) is 5.66 Å². The fourth-order valence-corrected chi connectivity index (χ4v) is 2.53. The summed E-state index contributed by atoms with van der Waals surface area (Å²) < 4.78 is 15.9. The minimum atomic E-state index is -1.35. The van der Waals surface area contributed by atoms with E-state index < -0.39 is 8.03 Å². The zero-order valence-electron chi connectivity index (χ0n) is 7.08. The van der Waals surface area contributed by atoms with Crippen LogP contribution in [0.25, 0.3) is 0 Å². The fraction of sp³-hybridized carbons (Fsp3) is 1.00. The van der Waals surface area contributed by atoms with E-state index in [0.717, 1.165) is 12.8 Å². The average Bonchev–Trinajstić information content (AvgIpc) is 2.05. The van der Waals surface area contributed by atoms with Crippen LogP contribution in [0.1, 0.15) is 32.1 Å². The van der Waals surface area contributed by atoms with Gasteiger partial charge in [-0.05, 0) is 30.2 Å². The van der Waals surface area contributed by atoms with Crippen molar-refractivity contribution in [2.45, 2.75) is 37.8 Å². The van der Waals surface area contributed by atoms with Gasteiger partial charge in [-0.15, -0.1) is 4.52 Å². The molecule has 0 radical (unpaired) electrons. The molecule has 1 aliphatic rings. The van der Waals surface area contributed by atoms with E-state index in [2.05, 4.69) is 0 Å². The Kier molecular flexibility index (Phi) is 6.61. The first-order chi connectivity index (χ1) is 4.84. The van der Waals surface area contributed by atoms with Crippen molar-refractivity contribution in [1.29, 1.82) is 0 Å². The van der Waals surface area contributed by atoms with Crippen molar-refractivity contribution in [1.82, 2.24) is 0 Å². The molecule has 1 rings (SSSR count). The zero-order chi connectivity index (χ0) is 7.40. The fourth-order valence-electron chi connectivity index (χ4n) is 1.44. The van der Waals surface area contributed by atoms with Crippen LogP contribution in [0.15, 0.2) is 0 Å². The first-order valence-electron chi connectivity index (χ1n) is 3.85. The van der Waals surface area contributed by atoms with Crippen molar-refractivity contribution >= 4 is 8.03 Å². The van der Waals surface area contributed by atoms with Crippen LogP contribution in [-0.4, -0.2) is 12.8 Å². The molecule has 0 heterocycles. The minimum absolute atomic E-state index is 0. The predicted octanol–water partition coefficient (Wildman–Crippen LogP) is 2.71. The molecule has 0 aromatic heterocycles. The molecule has 1 atom stereocenters. The molecule has 0 aromatic carbocycles. The van der Waals surface area contributed by atoms with E-state index in [-0.39, 0.29) is 19.5 Å². The topological polar surface area (TPSA) is 26.3 Å². The van der Waals surface area contributed by atoms with Crippen LogP contribution in [0.3, 0.4) is 0 Å². The molecule has 0 aliphatic heterocycles. The van der Waals surface area contributed by atoms with Gasteiger partial charge in [0.1, 0.15) is 0 Å². The first-order valence-corrected chi connectivity index (χ1v) is 5.09. The SMILES string of the molecule is CO[P+](=O)C1CCCCC1.[Zn]. The molecule has 0 N–H and O–H groups in total. The van der Waals surface area contributed by atoms with Gasteiger partial charge in [0, 0.05) is 19.5 Å². The molecule has 4 heteroatoms. The van der Waals surface area contributed by atoms with Crippen LogP contribution in [-0.2, 0) is 28.6 Å². The minimum Gasteiger partial charge on any atom is -0.149 e. The van der Waals surface area contributed by atoms with Crippen molar-refractivity contribution in [3.63, 3.8) is 0 Å². The molecule has 60 valence electrons. The summed E-state index contributed by atoms with van der Waals surface area (Å²) in [5.41, 5.74) is 0.355. The third-order valence-corrected chi connectivity index (χ3v) is 3.53. The van der Waals surface area contributed by atoms with Gasteiger partial charge < -0.3 is 0 Å². The molecule has 11 heavy (non-hydrogen) atoms. The van der Waals surface area contributed by atoms with Gasteiger partial charge in [-0.2, -0.15) is 0 Å². The summed E-state index contributed by atoms with van der Waals surface area (Å²) in [6, 6.07) is 0. The summed E-state index contributed by atoms with van der Waals surface area (Å²) in [6.07, 6.45) is 5.97. The van der Waals surface area contributed by atoms with E-state index in [4.69, 9.17) is 4.52 Å². The molecule has 1 fully saturated rings. The van der Waals surface area contributed by atoms with Crippen LogP contribution in [0.5, 0.6) is 0 Å². The monoisotopic (exact) mass is 225 g/mol. The largest absolute Gasteiger partial charge is 0.510 e. The Bertz CT molecular complexity index is 124. The van der Waals surface area contributed by atoms with Crippen molar-refractivity contribution < 1.29 is 28.6 Å². The Morgan fingerprint density at radius 1 is 1.27 bits per heavy atom. The van der Waals surface area contributed by atoms with E-state index in [1.807, 2.05) is 0 Å². The normalized spacial score (nSPS) is 20.6. The number of rotatable bonds is 2. The molecule has 1 saturated carbocycles. The second kappa shape index (κ2) is 6.23. The Hall–Kier alpha value is 0.683. The Morgan fingerprint density at radius 3 is 2.27 bits per heavy atom. The zero-order valence-corrected chi connectivity index (χ0v) is 10.9. The summed E-state index contributed by atoms with van der Waals surface area (Å²) in [5.74, 6) is 0. The van der Waals surface area contributed by atoms with E-state index in [9.17, 15) is 4.57 Å². The summed E-state index contributed by atoms with van der Waals surface area (Å²) in [4.78, 5) is 0. The standard InChI is InChI=1S/C7H14O2P.Zn/c1-9-10(8)7-5-3-2-4-6-7;/h7H,2-6H2,1H3;/q+1;. The maximum absolute atomic E-state index is 11.1. The Balaban J connectivity index is 0.000001000. The second-order valence-corrected chi connectivity index (χ2v) is 4.43. The van der Waals surface area contributed by atoms with Gasteiger partial charge in [-0.3, -0.25) is 0 Å². The van der Waals surface area contributed by atoms with Crippen LogP contribution in [0.2, 0.25) is 0 Å². The van der Waals surface area contributed by atoms with Gasteiger partial charge in [0.25, 0.3) is 0 Å². The Labute approximate surface area is 81.7 Å². The van der Waals surface area contributed by atoms with Crippen molar-refractivity contribution in [3.8, 4) is 0 Å². The third-order valence-electron chi connectivity index (χ3n) is 2.05. The maximum atomic E-state index is 11.1. The maximum Gasteiger partial charge on any atom is 0.510 e. The smallest absolute Gasteiger partial charge is 0.149 e. The summed E-state index contributed by atoms with van der Waals surface area (Å²) in [5, 5.41) is 0. The van der Waals surface area contributed by atoms with Crippen LogP contribution >= 0.6 is 8.03 Å². The molecule has 2 nitrogen and oxygen atoms in total. The molecule has 0 bridgehead atoms.